The van der Waals surface area contributed by atoms with E-state index in [1.54, 1.807) is 7.11 Å². The van der Waals surface area contributed by atoms with E-state index in [4.69, 9.17) is 10.5 Å². The highest BCUT2D eigenvalue weighted by atomic mass is 32.1. The van der Waals surface area contributed by atoms with Gasteiger partial charge in [0.15, 0.2) is 5.13 Å². The van der Waals surface area contributed by atoms with Crippen molar-refractivity contribution in [3.05, 3.63) is 18.2 Å². The van der Waals surface area contributed by atoms with Crippen LogP contribution in [0.3, 0.4) is 0 Å². The molecule has 0 saturated heterocycles. The quantitative estimate of drug-likeness (QED) is 0.734. The van der Waals surface area contributed by atoms with E-state index in [1.165, 1.54) is 11.3 Å². The molecule has 0 aliphatic carbocycles. The number of thiazole rings is 1. The standard InChI is InChI=1S/C15H21N3O2S/c1-20-11-7-8-12-13(10-11)21-15(17-12)18-14(19)6-4-2-3-5-9-16/h7-8,10H,2-6,9,16H2,1H3,(H,17,18,19). The summed E-state index contributed by atoms with van der Waals surface area (Å²) in [6.07, 6.45) is 4.59. The van der Waals surface area contributed by atoms with Gasteiger partial charge < -0.3 is 15.8 Å². The van der Waals surface area contributed by atoms with Crippen molar-refractivity contribution >= 4 is 32.6 Å². The van der Waals surface area contributed by atoms with Crippen LogP contribution in [0.4, 0.5) is 5.13 Å². The van der Waals surface area contributed by atoms with E-state index in [9.17, 15) is 4.79 Å². The molecule has 1 heterocycles. The summed E-state index contributed by atoms with van der Waals surface area (Å²) >= 11 is 1.46. The predicted molar refractivity (Wildman–Crippen MR) is 86.9 cm³/mol. The number of carbonyl (C=O) groups excluding carboxylic acids is 1. The normalized spacial score (nSPS) is 10.8. The molecule has 0 aliphatic rings. The van der Waals surface area contributed by atoms with Crippen LogP contribution in [0.1, 0.15) is 32.1 Å². The Morgan fingerprint density at radius 1 is 1.33 bits per heavy atom. The summed E-state index contributed by atoms with van der Waals surface area (Å²) in [4.78, 5) is 16.3. The maximum atomic E-state index is 11.9. The minimum Gasteiger partial charge on any atom is -0.497 e. The van der Waals surface area contributed by atoms with Crippen molar-refractivity contribution in [3.8, 4) is 5.75 Å². The number of unbranched alkanes of at least 4 members (excludes halogenated alkanes) is 3. The predicted octanol–water partition coefficient (Wildman–Crippen LogP) is 3.15. The van der Waals surface area contributed by atoms with E-state index in [1.807, 2.05) is 18.2 Å². The Labute approximate surface area is 128 Å². The van der Waals surface area contributed by atoms with Crippen LogP contribution in [0, 0.1) is 0 Å². The van der Waals surface area contributed by atoms with Crippen LogP contribution in [0.15, 0.2) is 18.2 Å². The lowest BCUT2D eigenvalue weighted by Gasteiger charge is -2.01. The van der Waals surface area contributed by atoms with E-state index in [0.29, 0.717) is 11.6 Å². The molecule has 1 aromatic heterocycles. The zero-order chi connectivity index (χ0) is 15.1. The fraction of sp³-hybridized carbons (Fsp3) is 0.467. The number of hydrogen-bond donors (Lipinski definition) is 2. The van der Waals surface area contributed by atoms with Gasteiger partial charge in [-0.25, -0.2) is 4.98 Å². The molecule has 0 spiro atoms. The zero-order valence-corrected chi connectivity index (χ0v) is 13.0. The molecular weight excluding hydrogens is 286 g/mol. The molecule has 5 nitrogen and oxygen atoms in total. The first kappa shape index (κ1) is 15.7. The Bertz CT molecular complexity index is 598. The van der Waals surface area contributed by atoms with Crippen molar-refractivity contribution in [1.82, 2.24) is 4.98 Å². The summed E-state index contributed by atoms with van der Waals surface area (Å²) in [5.74, 6) is 0.817. The van der Waals surface area contributed by atoms with Gasteiger partial charge in [-0.05, 0) is 37.6 Å². The molecule has 21 heavy (non-hydrogen) atoms. The molecule has 1 aromatic carbocycles. The number of rotatable bonds is 8. The van der Waals surface area contributed by atoms with Gasteiger partial charge in [0.05, 0.1) is 17.3 Å². The highest BCUT2D eigenvalue weighted by molar-refractivity contribution is 7.22. The molecule has 0 saturated carbocycles. The smallest absolute Gasteiger partial charge is 0.226 e. The van der Waals surface area contributed by atoms with Crippen molar-refractivity contribution in [2.24, 2.45) is 5.73 Å². The SMILES string of the molecule is COc1ccc2nc(NC(=O)CCCCCCN)sc2c1. The van der Waals surface area contributed by atoms with Gasteiger partial charge in [0.2, 0.25) is 5.91 Å². The van der Waals surface area contributed by atoms with Gasteiger partial charge in [0.25, 0.3) is 0 Å². The number of nitrogens with zero attached hydrogens (tertiary/aromatic N) is 1. The molecule has 2 rings (SSSR count). The Morgan fingerprint density at radius 3 is 2.90 bits per heavy atom. The van der Waals surface area contributed by atoms with Gasteiger partial charge in [0.1, 0.15) is 5.75 Å². The molecule has 0 aliphatic heterocycles. The van der Waals surface area contributed by atoms with Crippen LogP contribution < -0.4 is 15.8 Å². The third-order valence-corrected chi connectivity index (χ3v) is 4.13. The third-order valence-electron chi connectivity index (χ3n) is 3.20. The van der Waals surface area contributed by atoms with Crippen molar-refractivity contribution in [3.63, 3.8) is 0 Å². The van der Waals surface area contributed by atoms with Crippen LogP contribution in [-0.2, 0) is 4.79 Å². The third kappa shape index (κ3) is 4.68. The number of hydrogen-bond acceptors (Lipinski definition) is 5. The number of aromatic nitrogens is 1. The molecule has 1 amide bonds. The lowest BCUT2D eigenvalue weighted by Crippen LogP contribution is -2.10. The van der Waals surface area contributed by atoms with Gasteiger partial charge >= 0.3 is 0 Å². The van der Waals surface area contributed by atoms with Crippen LogP contribution in [0.2, 0.25) is 0 Å². The van der Waals surface area contributed by atoms with Crippen LogP contribution >= 0.6 is 11.3 Å². The van der Waals surface area contributed by atoms with Gasteiger partial charge in [-0.2, -0.15) is 0 Å². The highest BCUT2D eigenvalue weighted by Crippen LogP contribution is 2.29. The molecule has 0 fully saturated rings. The summed E-state index contributed by atoms with van der Waals surface area (Å²) in [5, 5.41) is 3.51. The first-order chi connectivity index (χ1) is 10.2. The van der Waals surface area contributed by atoms with Crippen molar-refractivity contribution in [1.29, 1.82) is 0 Å². The number of methoxy groups -OCH3 is 1. The van der Waals surface area contributed by atoms with Gasteiger partial charge in [-0.3, -0.25) is 4.79 Å². The van der Waals surface area contributed by atoms with E-state index in [0.717, 1.165) is 48.2 Å². The molecular formula is C15H21N3O2S. The lowest BCUT2D eigenvalue weighted by molar-refractivity contribution is -0.116. The molecule has 2 aromatic rings. The van der Waals surface area contributed by atoms with Crippen LogP contribution in [0.5, 0.6) is 5.75 Å². The minimum atomic E-state index is 0.0220. The average molecular weight is 307 g/mol. The molecule has 6 heteroatoms. The zero-order valence-electron chi connectivity index (χ0n) is 12.2. The fourth-order valence-electron chi connectivity index (χ4n) is 2.05. The van der Waals surface area contributed by atoms with Gasteiger partial charge in [0, 0.05) is 6.42 Å². The minimum absolute atomic E-state index is 0.0220. The number of nitrogens with one attached hydrogen (secondary N) is 1. The second kappa shape index (κ2) is 7.95. The highest BCUT2D eigenvalue weighted by Gasteiger charge is 2.08. The number of anilines is 1. The second-order valence-electron chi connectivity index (χ2n) is 4.85. The summed E-state index contributed by atoms with van der Waals surface area (Å²) < 4.78 is 6.19. The first-order valence-corrected chi connectivity index (χ1v) is 7.99. The van der Waals surface area contributed by atoms with Crippen LogP contribution in [-0.4, -0.2) is 24.5 Å². The Morgan fingerprint density at radius 2 is 2.14 bits per heavy atom. The summed E-state index contributed by atoms with van der Waals surface area (Å²) in [5.41, 5.74) is 6.31. The van der Waals surface area contributed by atoms with Crippen molar-refractivity contribution in [2.75, 3.05) is 19.0 Å². The molecule has 0 unspecified atom stereocenters. The first-order valence-electron chi connectivity index (χ1n) is 7.17. The van der Waals surface area contributed by atoms with E-state index in [2.05, 4.69) is 10.3 Å². The fourth-order valence-corrected chi connectivity index (χ4v) is 2.96. The maximum Gasteiger partial charge on any atom is 0.226 e. The Balaban J connectivity index is 1.86. The van der Waals surface area contributed by atoms with Crippen LogP contribution in [0.25, 0.3) is 10.2 Å². The second-order valence-corrected chi connectivity index (χ2v) is 5.88. The largest absolute Gasteiger partial charge is 0.497 e. The Hall–Kier alpha value is -1.66. The number of amides is 1. The van der Waals surface area contributed by atoms with Crippen molar-refractivity contribution in [2.45, 2.75) is 32.1 Å². The maximum absolute atomic E-state index is 11.9. The van der Waals surface area contributed by atoms with Gasteiger partial charge in [-0.15, -0.1) is 0 Å². The Kier molecular flexibility index (Phi) is 5.95. The summed E-state index contributed by atoms with van der Waals surface area (Å²) in [6.45, 7) is 0.724. The number of carbonyl (C=O) groups is 1. The molecule has 0 bridgehead atoms. The topological polar surface area (TPSA) is 77.2 Å². The average Bonchev–Trinajstić information content (AvgIpc) is 2.87. The molecule has 0 radical (unpaired) electrons. The summed E-state index contributed by atoms with van der Waals surface area (Å²) in [7, 11) is 1.63. The van der Waals surface area contributed by atoms with Crippen molar-refractivity contribution < 1.29 is 9.53 Å². The monoisotopic (exact) mass is 307 g/mol. The number of fused-ring (bicyclic) bond motifs is 1. The summed E-state index contributed by atoms with van der Waals surface area (Å²) in [6, 6.07) is 5.69. The van der Waals surface area contributed by atoms with E-state index < -0.39 is 0 Å². The van der Waals surface area contributed by atoms with E-state index in [-0.39, 0.29) is 5.91 Å². The number of ether oxygens (including phenoxy) is 1. The molecule has 114 valence electrons. The molecule has 3 N–H and O–H groups in total. The number of benzene rings is 1. The molecule has 0 atom stereocenters. The van der Waals surface area contributed by atoms with Gasteiger partial charge in [-0.1, -0.05) is 24.2 Å². The lowest BCUT2D eigenvalue weighted by atomic mass is 10.1. The van der Waals surface area contributed by atoms with E-state index >= 15 is 0 Å². The number of nitrogens with two attached hydrogens (primary N) is 1.